The van der Waals surface area contributed by atoms with Gasteiger partial charge in [-0.3, -0.25) is 4.79 Å². The minimum atomic E-state index is -0.987. The average Bonchev–Trinajstić information content (AvgIpc) is 2.27. The van der Waals surface area contributed by atoms with E-state index in [-0.39, 0.29) is 6.10 Å². The Morgan fingerprint density at radius 1 is 1.59 bits per heavy atom. The van der Waals surface area contributed by atoms with Crippen LogP contribution < -0.4 is 11.1 Å². The SMILES string of the molecule is COC(C)C(C)(Nc1cccc(Cl)c1)C(N)=O. The lowest BCUT2D eigenvalue weighted by molar-refractivity contribution is -0.125. The highest BCUT2D eigenvalue weighted by Crippen LogP contribution is 2.22. The molecular formula is C12H17ClN2O2. The standard InChI is InChI=1S/C12H17ClN2O2/c1-8(17-3)12(2,11(14)16)15-10-6-4-5-9(13)7-10/h4-8,15H,1-3H3,(H2,14,16). The molecule has 0 aliphatic heterocycles. The number of amides is 1. The van der Waals surface area contributed by atoms with Crippen LogP contribution in [0.4, 0.5) is 5.69 Å². The number of benzene rings is 1. The fourth-order valence-electron chi connectivity index (χ4n) is 1.47. The predicted molar refractivity (Wildman–Crippen MR) is 69.1 cm³/mol. The van der Waals surface area contributed by atoms with E-state index < -0.39 is 11.4 Å². The molecule has 0 spiro atoms. The molecule has 3 N–H and O–H groups in total. The molecule has 1 aromatic carbocycles. The number of carbonyl (C=O) groups excluding carboxylic acids is 1. The van der Waals surface area contributed by atoms with Crippen molar-refractivity contribution in [2.24, 2.45) is 5.73 Å². The minimum Gasteiger partial charge on any atom is -0.379 e. The van der Waals surface area contributed by atoms with E-state index in [4.69, 9.17) is 22.1 Å². The molecule has 0 aliphatic rings. The van der Waals surface area contributed by atoms with E-state index in [9.17, 15) is 4.79 Å². The first-order valence-electron chi connectivity index (χ1n) is 5.26. The van der Waals surface area contributed by atoms with Crippen molar-refractivity contribution in [2.45, 2.75) is 25.5 Å². The molecule has 0 heterocycles. The van der Waals surface area contributed by atoms with E-state index in [0.29, 0.717) is 5.02 Å². The predicted octanol–water partition coefficient (Wildman–Crippen LogP) is 2.03. The number of halogens is 1. The summed E-state index contributed by atoms with van der Waals surface area (Å²) in [7, 11) is 1.53. The normalized spacial score (nSPS) is 16.0. The quantitative estimate of drug-likeness (QED) is 0.847. The summed E-state index contributed by atoms with van der Waals surface area (Å²) >= 11 is 5.88. The molecule has 0 fully saturated rings. The summed E-state index contributed by atoms with van der Waals surface area (Å²) in [5, 5.41) is 3.65. The van der Waals surface area contributed by atoms with Crippen molar-refractivity contribution in [3.05, 3.63) is 29.3 Å². The van der Waals surface area contributed by atoms with Gasteiger partial charge in [0.15, 0.2) is 0 Å². The van der Waals surface area contributed by atoms with Crippen LogP contribution in [-0.4, -0.2) is 24.7 Å². The van der Waals surface area contributed by atoms with Crippen molar-refractivity contribution in [3.8, 4) is 0 Å². The molecule has 0 aromatic heterocycles. The second kappa shape index (κ2) is 5.38. The lowest BCUT2D eigenvalue weighted by Crippen LogP contribution is -2.56. The van der Waals surface area contributed by atoms with E-state index in [1.54, 1.807) is 32.0 Å². The van der Waals surface area contributed by atoms with Crippen molar-refractivity contribution in [1.82, 2.24) is 0 Å². The highest BCUT2D eigenvalue weighted by Gasteiger charge is 2.37. The number of primary amides is 1. The van der Waals surface area contributed by atoms with E-state index in [0.717, 1.165) is 5.69 Å². The van der Waals surface area contributed by atoms with Crippen LogP contribution in [0.1, 0.15) is 13.8 Å². The Kier molecular flexibility index (Phi) is 4.37. The Hall–Kier alpha value is -1.26. The van der Waals surface area contributed by atoms with Crippen LogP contribution in [0.3, 0.4) is 0 Å². The molecule has 0 saturated heterocycles. The Morgan fingerprint density at radius 3 is 2.71 bits per heavy atom. The summed E-state index contributed by atoms with van der Waals surface area (Å²) < 4.78 is 5.18. The summed E-state index contributed by atoms with van der Waals surface area (Å²) in [6, 6.07) is 7.10. The van der Waals surface area contributed by atoms with Crippen molar-refractivity contribution in [1.29, 1.82) is 0 Å². The number of rotatable bonds is 5. The van der Waals surface area contributed by atoms with Gasteiger partial charge < -0.3 is 15.8 Å². The zero-order valence-corrected chi connectivity index (χ0v) is 10.9. The average molecular weight is 257 g/mol. The van der Waals surface area contributed by atoms with Gasteiger partial charge >= 0.3 is 0 Å². The number of nitrogens with one attached hydrogen (secondary N) is 1. The summed E-state index contributed by atoms with van der Waals surface area (Å²) in [6.07, 6.45) is -0.362. The second-order valence-corrected chi connectivity index (χ2v) is 4.52. The van der Waals surface area contributed by atoms with Crippen LogP contribution in [0.5, 0.6) is 0 Å². The number of ether oxygens (including phenoxy) is 1. The molecular weight excluding hydrogens is 240 g/mol. The monoisotopic (exact) mass is 256 g/mol. The topological polar surface area (TPSA) is 64.3 Å². The molecule has 0 saturated carbocycles. The lowest BCUT2D eigenvalue weighted by Gasteiger charge is -2.33. The van der Waals surface area contributed by atoms with E-state index in [2.05, 4.69) is 5.32 Å². The van der Waals surface area contributed by atoms with E-state index in [1.807, 2.05) is 6.07 Å². The molecule has 0 radical (unpaired) electrons. The van der Waals surface area contributed by atoms with Gasteiger partial charge in [0, 0.05) is 17.8 Å². The molecule has 1 amide bonds. The number of nitrogens with two attached hydrogens (primary N) is 1. The molecule has 5 heteroatoms. The van der Waals surface area contributed by atoms with Gasteiger partial charge in [-0.05, 0) is 32.0 Å². The molecule has 2 unspecified atom stereocenters. The second-order valence-electron chi connectivity index (χ2n) is 4.08. The third-order valence-corrected chi connectivity index (χ3v) is 3.14. The first kappa shape index (κ1) is 13.8. The van der Waals surface area contributed by atoms with Gasteiger partial charge in [-0.15, -0.1) is 0 Å². The van der Waals surface area contributed by atoms with Crippen LogP contribution in [0.25, 0.3) is 0 Å². The van der Waals surface area contributed by atoms with Crippen LogP contribution >= 0.6 is 11.6 Å². The van der Waals surface area contributed by atoms with Crippen molar-refractivity contribution < 1.29 is 9.53 Å². The maximum atomic E-state index is 11.6. The first-order valence-corrected chi connectivity index (χ1v) is 5.64. The van der Waals surface area contributed by atoms with Crippen molar-refractivity contribution in [2.75, 3.05) is 12.4 Å². The summed E-state index contributed by atoms with van der Waals surface area (Å²) in [4.78, 5) is 11.6. The summed E-state index contributed by atoms with van der Waals surface area (Å²) in [5.74, 6) is -0.480. The number of carbonyl (C=O) groups is 1. The molecule has 4 nitrogen and oxygen atoms in total. The maximum Gasteiger partial charge on any atom is 0.245 e. The van der Waals surface area contributed by atoms with E-state index >= 15 is 0 Å². The lowest BCUT2D eigenvalue weighted by atomic mass is 9.94. The molecule has 2 atom stereocenters. The summed E-state index contributed by atoms with van der Waals surface area (Å²) in [6.45, 7) is 3.48. The maximum absolute atomic E-state index is 11.6. The number of hydrogen-bond donors (Lipinski definition) is 2. The number of hydrogen-bond acceptors (Lipinski definition) is 3. The molecule has 0 bridgehead atoms. The van der Waals surface area contributed by atoms with Crippen molar-refractivity contribution >= 4 is 23.2 Å². The zero-order chi connectivity index (χ0) is 13.1. The third kappa shape index (κ3) is 3.11. The first-order chi connectivity index (χ1) is 7.90. The van der Waals surface area contributed by atoms with Gasteiger partial charge in [0.1, 0.15) is 5.54 Å². The van der Waals surface area contributed by atoms with Gasteiger partial charge in [-0.1, -0.05) is 17.7 Å². The smallest absolute Gasteiger partial charge is 0.245 e. The van der Waals surface area contributed by atoms with Gasteiger partial charge in [0.25, 0.3) is 0 Å². The fourth-order valence-corrected chi connectivity index (χ4v) is 1.66. The van der Waals surface area contributed by atoms with Gasteiger partial charge in [0.05, 0.1) is 6.10 Å². The Balaban J connectivity index is 2.99. The Bertz CT molecular complexity index is 411. The van der Waals surface area contributed by atoms with Crippen molar-refractivity contribution in [3.63, 3.8) is 0 Å². The number of anilines is 1. The molecule has 1 rings (SSSR count). The highest BCUT2D eigenvalue weighted by molar-refractivity contribution is 6.30. The molecule has 1 aromatic rings. The van der Waals surface area contributed by atoms with Gasteiger partial charge in [0.2, 0.25) is 5.91 Å². The third-order valence-electron chi connectivity index (χ3n) is 2.91. The Morgan fingerprint density at radius 2 is 2.24 bits per heavy atom. The van der Waals surface area contributed by atoms with E-state index in [1.165, 1.54) is 7.11 Å². The zero-order valence-electron chi connectivity index (χ0n) is 10.2. The fraction of sp³-hybridized carbons (Fsp3) is 0.417. The molecule has 0 aliphatic carbocycles. The van der Waals surface area contributed by atoms with Crippen LogP contribution in [0.15, 0.2) is 24.3 Å². The molecule has 17 heavy (non-hydrogen) atoms. The Labute approximate surface area is 106 Å². The minimum absolute atomic E-state index is 0.362. The largest absolute Gasteiger partial charge is 0.379 e. The molecule has 94 valence electrons. The van der Waals surface area contributed by atoms with Gasteiger partial charge in [-0.2, -0.15) is 0 Å². The van der Waals surface area contributed by atoms with Crippen LogP contribution in [0, 0.1) is 0 Å². The number of methoxy groups -OCH3 is 1. The van der Waals surface area contributed by atoms with Crippen LogP contribution in [0.2, 0.25) is 5.02 Å². The highest BCUT2D eigenvalue weighted by atomic mass is 35.5. The van der Waals surface area contributed by atoms with Crippen LogP contribution in [-0.2, 0) is 9.53 Å². The summed E-state index contributed by atoms with van der Waals surface area (Å²) in [5.41, 5.74) is 5.16. The van der Waals surface area contributed by atoms with Gasteiger partial charge in [-0.25, -0.2) is 0 Å².